The maximum absolute atomic E-state index is 13.2. The number of oxime groups is 1. The van der Waals surface area contributed by atoms with E-state index in [4.69, 9.17) is 21.2 Å². The maximum Gasteiger partial charge on any atom is 0.353 e. The van der Waals surface area contributed by atoms with Crippen LogP contribution in [0.5, 0.6) is 0 Å². The van der Waals surface area contributed by atoms with Crippen LogP contribution in [0, 0.1) is 0 Å². The Balaban J connectivity index is 1.82. The average Bonchev–Trinajstić information content (AvgIpc) is 3.18. The summed E-state index contributed by atoms with van der Waals surface area (Å²) in [6, 6.07) is -1.06. The van der Waals surface area contributed by atoms with E-state index in [2.05, 4.69) is 20.8 Å². The first kappa shape index (κ1) is 29.7. The van der Waals surface area contributed by atoms with Gasteiger partial charge in [-0.3, -0.25) is 19.3 Å². The molecule has 2 atom stereocenters. The SMILES string of the molecule is CCSC1=C(C(=O)O)N2C(=O)C(NC(=O)/C(=N/OCC(=O)OC(C)(C)C)c3nc(NC=O)sc3Cl)[C@H]2SC1. The fourth-order valence-electron chi connectivity index (χ4n) is 3.36. The molecule has 0 aromatic carbocycles. The molecule has 0 spiro atoms. The number of aromatic nitrogens is 1. The van der Waals surface area contributed by atoms with Crippen LogP contribution in [0.4, 0.5) is 5.13 Å². The van der Waals surface area contributed by atoms with E-state index in [0.717, 1.165) is 16.2 Å². The van der Waals surface area contributed by atoms with Crippen LogP contribution in [0.1, 0.15) is 33.4 Å². The number of carboxylic acids is 1. The monoisotopic (exact) mass is 605 g/mol. The number of thioether (sulfide) groups is 2. The number of amides is 3. The predicted molar refractivity (Wildman–Crippen MR) is 143 cm³/mol. The van der Waals surface area contributed by atoms with Gasteiger partial charge in [0.05, 0.1) is 0 Å². The van der Waals surface area contributed by atoms with Gasteiger partial charge in [0.1, 0.15) is 32.7 Å². The number of ether oxygens (including phenoxy) is 1. The molecule has 2 aliphatic rings. The molecule has 2 aliphatic heterocycles. The van der Waals surface area contributed by atoms with Crippen LogP contribution in [0.25, 0.3) is 0 Å². The summed E-state index contributed by atoms with van der Waals surface area (Å²) in [6.45, 7) is 6.25. The van der Waals surface area contributed by atoms with Gasteiger partial charge in [0, 0.05) is 10.7 Å². The lowest BCUT2D eigenvalue weighted by Crippen LogP contribution is -2.71. The molecule has 38 heavy (non-hydrogen) atoms. The molecule has 1 aromatic heterocycles. The molecule has 3 heterocycles. The summed E-state index contributed by atoms with van der Waals surface area (Å²) >= 11 is 9.71. The highest BCUT2D eigenvalue weighted by Crippen LogP contribution is 2.43. The van der Waals surface area contributed by atoms with Gasteiger partial charge in [0.15, 0.2) is 10.8 Å². The van der Waals surface area contributed by atoms with Gasteiger partial charge in [0.25, 0.3) is 11.8 Å². The quantitative estimate of drug-likeness (QED) is 0.110. The van der Waals surface area contributed by atoms with Crippen LogP contribution < -0.4 is 10.6 Å². The van der Waals surface area contributed by atoms with Gasteiger partial charge in [-0.05, 0) is 26.5 Å². The number of esters is 1. The molecule has 206 valence electrons. The van der Waals surface area contributed by atoms with Gasteiger partial charge in [-0.15, -0.1) is 23.5 Å². The Labute approximate surface area is 234 Å². The van der Waals surface area contributed by atoms with E-state index in [1.54, 1.807) is 20.8 Å². The number of anilines is 1. The lowest BCUT2D eigenvalue weighted by molar-refractivity contribution is -0.160. The second-order valence-corrected chi connectivity index (χ2v) is 12.6. The Kier molecular flexibility index (Phi) is 9.67. The highest BCUT2D eigenvalue weighted by atomic mass is 35.5. The minimum atomic E-state index is -1.23. The summed E-state index contributed by atoms with van der Waals surface area (Å²) in [5, 5.41) is 17.7. The number of β-lactam (4-membered cyclic amide) rings is 1. The normalized spacial score (nSPS) is 19.3. The fourth-order valence-corrected chi connectivity index (χ4v) is 6.76. The van der Waals surface area contributed by atoms with Crippen molar-refractivity contribution in [2.24, 2.45) is 5.16 Å². The number of aliphatic carboxylic acids is 1. The van der Waals surface area contributed by atoms with Crippen molar-refractivity contribution in [1.29, 1.82) is 0 Å². The number of fused-ring (bicyclic) bond motifs is 1. The highest BCUT2D eigenvalue weighted by Gasteiger charge is 2.54. The molecule has 3 rings (SSSR count). The summed E-state index contributed by atoms with van der Waals surface area (Å²) in [6.07, 6.45) is 0.370. The van der Waals surface area contributed by atoms with Gasteiger partial charge in [0.2, 0.25) is 13.0 Å². The Hall–Kier alpha value is -2.82. The third kappa shape index (κ3) is 6.78. The minimum Gasteiger partial charge on any atom is -0.477 e. The van der Waals surface area contributed by atoms with E-state index in [1.807, 2.05) is 6.92 Å². The number of hydrogen-bond donors (Lipinski definition) is 3. The second kappa shape index (κ2) is 12.4. The molecule has 3 N–H and O–H groups in total. The predicted octanol–water partition coefficient (Wildman–Crippen LogP) is 1.88. The topological polar surface area (TPSA) is 177 Å². The van der Waals surface area contributed by atoms with Crippen LogP contribution in [0.15, 0.2) is 15.8 Å². The van der Waals surface area contributed by atoms with Crippen LogP contribution in [0.3, 0.4) is 0 Å². The van der Waals surface area contributed by atoms with Crippen molar-refractivity contribution < 1.29 is 38.7 Å². The number of nitrogens with zero attached hydrogens (tertiary/aromatic N) is 3. The first-order valence-corrected chi connectivity index (χ1v) is 14.2. The van der Waals surface area contributed by atoms with Crippen molar-refractivity contribution in [1.82, 2.24) is 15.2 Å². The highest BCUT2D eigenvalue weighted by molar-refractivity contribution is 8.06. The molecule has 0 aliphatic carbocycles. The summed E-state index contributed by atoms with van der Waals surface area (Å²) in [5.41, 5.74) is -1.49. The molecule has 0 radical (unpaired) electrons. The molecule has 17 heteroatoms. The standard InChI is InChI=1S/C21H24ClN5O8S3/c1-5-36-9-7-37-18-13(17(31)27(18)14(9)19(32)33)24-16(30)12(11-15(22)38-20(25-11)23-8-28)26-34-6-10(29)35-21(2,3)4/h8,13,18H,5-7H2,1-4H3,(H,24,30)(H,32,33)(H,23,25,28)/b26-12+/t13?,18-/m1/s1. The summed E-state index contributed by atoms with van der Waals surface area (Å²) < 4.78 is 5.12. The molecule has 3 amide bonds. The third-order valence-corrected chi connectivity index (χ3v) is 8.33. The van der Waals surface area contributed by atoms with Gasteiger partial charge in [-0.2, -0.15) is 0 Å². The largest absolute Gasteiger partial charge is 0.477 e. The molecule has 0 bridgehead atoms. The lowest BCUT2D eigenvalue weighted by atomic mass is 10.0. The molecule has 1 unspecified atom stereocenters. The second-order valence-electron chi connectivity index (χ2n) is 8.57. The number of carboxylic acid groups (broad SMARTS) is 1. The lowest BCUT2D eigenvalue weighted by Gasteiger charge is -2.49. The smallest absolute Gasteiger partial charge is 0.353 e. The Bertz CT molecular complexity index is 1210. The average molecular weight is 606 g/mol. The van der Waals surface area contributed by atoms with Crippen molar-refractivity contribution in [2.75, 3.05) is 23.4 Å². The van der Waals surface area contributed by atoms with Crippen molar-refractivity contribution in [2.45, 2.75) is 44.7 Å². The van der Waals surface area contributed by atoms with E-state index >= 15 is 0 Å². The molecular weight excluding hydrogens is 582 g/mol. The zero-order valence-corrected chi connectivity index (χ0v) is 23.8. The summed E-state index contributed by atoms with van der Waals surface area (Å²) in [7, 11) is 0. The van der Waals surface area contributed by atoms with E-state index in [-0.39, 0.29) is 20.9 Å². The van der Waals surface area contributed by atoms with Crippen LogP contribution >= 0.6 is 46.5 Å². The zero-order valence-electron chi connectivity index (χ0n) is 20.6. The van der Waals surface area contributed by atoms with Crippen molar-refractivity contribution >= 4 is 87.5 Å². The first-order valence-electron chi connectivity index (χ1n) is 11.0. The van der Waals surface area contributed by atoms with Gasteiger partial charge >= 0.3 is 11.9 Å². The van der Waals surface area contributed by atoms with Crippen molar-refractivity contribution in [3.63, 3.8) is 0 Å². The van der Waals surface area contributed by atoms with Crippen LogP contribution in [-0.4, -0.2) is 86.0 Å². The number of rotatable bonds is 11. The number of hydrogen-bond acceptors (Lipinski definition) is 12. The number of halogens is 1. The first-order chi connectivity index (χ1) is 17.9. The molecular formula is C21H24ClN5O8S3. The summed E-state index contributed by atoms with van der Waals surface area (Å²) in [5.74, 6) is -2.49. The van der Waals surface area contributed by atoms with E-state index < -0.39 is 53.1 Å². The van der Waals surface area contributed by atoms with Gasteiger partial charge < -0.3 is 25.3 Å². The number of carbonyl (C=O) groups is 5. The molecule has 1 aromatic rings. The summed E-state index contributed by atoms with van der Waals surface area (Å²) in [4.78, 5) is 71.6. The molecule has 13 nitrogen and oxygen atoms in total. The van der Waals surface area contributed by atoms with E-state index in [0.29, 0.717) is 22.8 Å². The van der Waals surface area contributed by atoms with E-state index in [1.165, 1.54) is 23.5 Å². The van der Waals surface area contributed by atoms with Crippen LogP contribution in [0.2, 0.25) is 4.34 Å². The molecule has 1 fully saturated rings. The molecule has 0 saturated carbocycles. The number of nitrogens with one attached hydrogen (secondary N) is 2. The van der Waals surface area contributed by atoms with Gasteiger partial charge in [-0.1, -0.05) is 35.0 Å². The maximum atomic E-state index is 13.2. The molecule has 1 saturated heterocycles. The fraction of sp³-hybridized carbons (Fsp3) is 0.476. The minimum absolute atomic E-state index is 0.0185. The number of carbonyl (C=O) groups excluding carboxylic acids is 4. The van der Waals surface area contributed by atoms with Crippen LogP contribution in [-0.2, 0) is 33.5 Å². The Morgan fingerprint density at radius 3 is 2.68 bits per heavy atom. The van der Waals surface area contributed by atoms with Crippen molar-refractivity contribution in [3.05, 3.63) is 20.6 Å². The van der Waals surface area contributed by atoms with Crippen molar-refractivity contribution in [3.8, 4) is 0 Å². The third-order valence-electron chi connectivity index (χ3n) is 4.71. The Morgan fingerprint density at radius 2 is 2.08 bits per heavy atom. The zero-order chi connectivity index (χ0) is 28.2. The Morgan fingerprint density at radius 1 is 1.37 bits per heavy atom. The van der Waals surface area contributed by atoms with Gasteiger partial charge in [-0.25, -0.2) is 14.6 Å². The number of thiazole rings is 1. The van der Waals surface area contributed by atoms with E-state index in [9.17, 15) is 29.1 Å².